The molecule has 0 radical (unpaired) electrons. The number of nitrogens with two attached hydrogens (primary N) is 1. The fourth-order valence-electron chi connectivity index (χ4n) is 1.95. The van der Waals surface area contributed by atoms with Crippen molar-refractivity contribution in [1.82, 2.24) is 5.32 Å². The summed E-state index contributed by atoms with van der Waals surface area (Å²) in [7, 11) is 1.67. The van der Waals surface area contributed by atoms with Crippen LogP contribution in [0.5, 0.6) is 5.75 Å². The number of hydrogen-bond acceptors (Lipinski definition) is 4. The van der Waals surface area contributed by atoms with E-state index in [2.05, 4.69) is 5.32 Å². The second kappa shape index (κ2) is 9.43. The molecule has 0 aliphatic rings. The standard InChI is InChI=1S/C17H28N2O3/c1-4-17(18,5-2)13-19-16(20)14-7-9-15(10-8-14)22-12-6-11-21-3/h7-10H,4-6,11-13,18H2,1-3H3,(H,19,20). The van der Waals surface area contributed by atoms with Gasteiger partial charge in [-0.1, -0.05) is 13.8 Å². The molecule has 0 aliphatic carbocycles. The maximum Gasteiger partial charge on any atom is 0.251 e. The topological polar surface area (TPSA) is 73.6 Å². The van der Waals surface area contributed by atoms with E-state index in [1.165, 1.54) is 0 Å². The van der Waals surface area contributed by atoms with Crippen molar-refractivity contribution in [2.24, 2.45) is 5.73 Å². The van der Waals surface area contributed by atoms with Crippen LogP contribution in [-0.4, -0.2) is 38.3 Å². The molecule has 0 aromatic heterocycles. The van der Waals surface area contributed by atoms with Crippen molar-refractivity contribution in [3.05, 3.63) is 29.8 Å². The van der Waals surface area contributed by atoms with Gasteiger partial charge in [0.15, 0.2) is 0 Å². The monoisotopic (exact) mass is 308 g/mol. The van der Waals surface area contributed by atoms with Gasteiger partial charge in [0, 0.05) is 37.8 Å². The van der Waals surface area contributed by atoms with Gasteiger partial charge >= 0.3 is 0 Å². The fraction of sp³-hybridized carbons (Fsp3) is 0.588. The van der Waals surface area contributed by atoms with Crippen molar-refractivity contribution < 1.29 is 14.3 Å². The second-order valence-electron chi connectivity index (χ2n) is 5.47. The number of amides is 1. The molecule has 0 saturated carbocycles. The smallest absolute Gasteiger partial charge is 0.251 e. The van der Waals surface area contributed by atoms with Gasteiger partial charge in [0.25, 0.3) is 5.91 Å². The second-order valence-corrected chi connectivity index (χ2v) is 5.47. The largest absolute Gasteiger partial charge is 0.494 e. The Kier molecular flexibility index (Phi) is 7.91. The Morgan fingerprint density at radius 2 is 1.82 bits per heavy atom. The summed E-state index contributed by atoms with van der Waals surface area (Å²) in [5.74, 6) is 0.644. The Hall–Kier alpha value is -1.59. The zero-order valence-electron chi connectivity index (χ0n) is 13.9. The van der Waals surface area contributed by atoms with Crippen LogP contribution in [0.2, 0.25) is 0 Å². The quantitative estimate of drug-likeness (QED) is 0.651. The molecule has 22 heavy (non-hydrogen) atoms. The summed E-state index contributed by atoms with van der Waals surface area (Å²) in [6.45, 7) is 5.82. The van der Waals surface area contributed by atoms with Gasteiger partial charge in [-0.2, -0.15) is 0 Å². The zero-order chi connectivity index (χ0) is 16.4. The number of nitrogens with one attached hydrogen (secondary N) is 1. The lowest BCUT2D eigenvalue weighted by Gasteiger charge is -2.26. The fourth-order valence-corrected chi connectivity index (χ4v) is 1.95. The van der Waals surface area contributed by atoms with Crippen molar-refractivity contribution in [1.29, 1.82) is 0 Å². The summed E-state index contributed by atoms with van der Waals surface area (Å²) in [5, 5.41) is 2.90. The number of carbonyl (C=O) groups is 1. The number of carbonyl (C=O) groups excluding carboxylic acids is 1. The van der Waals surface area contributed by atoms with Gasteiger partial charge in [0.05, 0.1) is 6.61 Å². The van der Waals surface area contributed by atoms with E-state index >= 15 is 0 Å². The van der Waals surface area contributed by atoms with Crippen LogP contribution >= 0.6 is 0 Å². The molecule has 3 N–H and O–H groups in total. The lowest BCUT2D eigenvalue weighted by atomic mass is 9.94. The van der Waals surface area contributed by atoms with E-state index in [-0.39, 0.29) is 11.4 Å². The van der Waals surface area contributed by atoms with E-state index in [1.54, 1.807) is 31.4 Å². The minimum atomic E-state index is -0.333. The van der Waals surface area contributed by atoms with Crippen molar-refractivity contribution in [2.45, 2.75) is 38.6 Å². The van der Waals surface area contributed by atoms with Gasteiger partial charge in [-0.05, 0) is 37.1 Å². The summed E-state index contributed by atoms with van der Waals surface area (Å²) in [6.07, 6.45) is 2.50. The van der Waals surface area contributed by atoms with E-state index < -0.39 is 0 Å². The molecule has 0 heterocycles. The third-order valence-electron chi connectivity index (χ3n) is 3.89. The first kappa shape index (κ1) is 18.5. The van der Waals surface area contributed by atoms with Gasteiger partial charge in [-0.25, -0.2) is 0 Å². The highest BCUT2D eigenvalue weighted by Gasteiger charge is 2.21. The van der Waals surface area contributed by atoms with Gasteiger partial charge in [-0.3, -0.25) is 4.79 Å². The molecule has 1 aromatic rings. The van der Waals surface area contributed by atoms with Crippen LogP contribution in [0, 0.1) is 0 Å². The van der Waals surface area contributed by atoms with Crippen LogP contribution in [0.25, 0.3) is 0 Å². The zero-order valence-corrected chi connectivity index (χ0v) is 13.9. The molecule has 0 fully saturated rings. The van der Waals surface area contributed by atoms with Crippen LogP contribution in [0.4, 0.5) is 0 Å². The molecule has 1 rings (SSSR count). The molecule has 5 nitrogen and oxygen atoms in total. The molecule has 0 aliphatic heterocycles. The van der Waals surface area contributed by atoms with Crippen molar-refractivity contribution in [2.75, 3.05) is 26.9 Å². The summed E-state index contributed by atoms with van der Waals surface area (Å²) in [5.41, 5.74) is 6.46. The number of methoxy groups -OCH3 is 1. The summed E-state index contributed by atoms with van der Waals surface area (Å²) in [6, 6.07) is 7.13. The first-order valence-electron chi connectivity index (χ1n) is 7.83. The number of hydrogen-bond donors (Lipinski definition) is 2. The Morgan fingerprint density at radius 1 is 1.18 bits per heavy atom. The normalized spacial score (nSPS) is 11.3. The van der Waals surface area contributed by atoms with Crippen molar-refractivity contribution in [3.8, 4) is 5.75 Å². The van der Waals surface area contributed by atoms with Crippen LogP contribution in [0.3, 0.4) is 0 Å². The summed E-state index contributed by atoms with van der Waals surface area (Å²) < 4.78 is 10.5. The highest BCUT2D eigenvalue weighted by atomic mass is 16.5. The van der Waals surface area contributed by atoms with E-state index in [0.717, 1.165) is 25.0 Å². The van der Waals surface area contributed by atoms with Crippen molar-refractivity contribution in [3.63, 3.8) is 0 Å². The lowest BCUT2D eigenvalue weighted by Crippen LogP contribution is -2.49. The predicted octanol–water partition coefficient (Wildman–Crippen LogP) is 2.35. The SMILES string of the molecule is CCC(N)(CC)CNC(=O)c1ccc(OCCCOC)cc1. The minimum absolute atomic E-state index is 0.109. The Labute approximate surface area is 133 Å². The van der Waals surface area contributed by atoms with Gasteiger partial charge < -0.3 is 20.5 Å². The van der Waals surface area contributed by atoms with E-state index in [0.29, 0.717) is 25.3 Å². The Balaban J connectivity index is 2.46. The van der Waals surface area contributed by atoms with E-state index in [9.17, 15) is 4.79 Å². The number of rotatable bonds is 10. The van der Waals surface area contributed by atoms with Crippen LogP contribution in [0.15, 0.2) is 24.3 Å². The summed E-state index contributed by atoms with van der Waals surface area (Å²) in [4.78, 5) is 12.1. The highest BCUT2D eigenvalue weighted by molar-refractivity contribution is 5.94. The molecule has 1 amide bonds. The highest BCUT2D eigenvalue weighted by Crippen LogP contribution is 2.13. The summed E-state index contributed by atoms with van der Waals surface area (Å²) >= 11 is 0. The molecule has 0 atom stereocenters. The maximum atomic E-state index is 12.1. The van der Waals surface area contributed by atoms with Gasteiger partial charge in [-0.15, -0.1) is 0 Å². The molecule has 0 spiro atoms. The van der Waals surface area contributed by atoms with E-state index in [4.69, 9.17) is 15.2 Å². The molecular formula is C17H28N2O3. The third-order valence-corrected chi connectivity index (χ3v) is 3.89. The van der Waals surface area contributed by atoms with Crippen LogP contribution in [-0.2, 0) is 4.74 Å². The average Bonchev–Trinajstić information content (AvgIpc) is 2.57. The number of ether oxygens (including phenoxy) is 2. The molecule has 5 heteroatoms. The maximum absolute atomic E-state index is 12.1. The van der Waals surface area contributed by atoms with Gasteiger partial charge in [0.1, 0.15) is 5.75 Å². The molecule has 0 saturated heterocycles. The van der Waals surface area contributed by atoms with E-state index in [1.807, 2.05) is 13.8 Å². The van der Waals surface area contributed by atoms with Gasteiger partial charge in [0.2, 0.25) is 0 Å². The Morgan fingerprint density at radius 3 is 2.36 bits per heavy atom. The molecule has 1 aromatic carbocycles. The molecule has 0 bridgehead atoms. The average molecular weight is 308 g/mol. The number of benzene rings is 1. The first-order chi connectivity index (χ1) is 10.5. The Bertz CT molecular complexity index is 442. The molecular weight excluding hydrogens is 280 g/mol. The predicted molar refractivity (Wildman–Crippen MR) is 88.3 cm³/mol. The minimum Gasteiger partial charge on any atom is -0.494 e. The third kappa shape index (κ3) is 6.03. The van der Waals surface area contributed by atoms with Crippen molar-refractivity contribution >= 4 is 5.91 Å². The van der Waals surface area contributed by atoms with Crippen LogP contribution in [0.1, 0.15) is 43.5 Å². The molecule has 0 unspecified atom stereocenters. The lowest BCUT2D eigenvalue weighted by molar-refractivity contribution is 0.0942. The molecule has 124 valence electrons. The first-order valence-corrected chi connectivity index (χ1v) is 7.83. The van der Waals surface area contributed by atoms with Crippen LogP contribution < -0.4 is 15.8 Å².